The number of nitrogens with zero attached hydrogens (tertiary/aromatic N) is 4. The highest BCUT2D eigenvalue weighted by Gasteiger charge is 2.06. The fraction of sp³-hybridized carbons (Fsp3) is 0.318. The standard InChI is InChI=1S/C22H27N7/c1-16-7-5-8-18-17(15-26-21(16)18)11-13-25-22(23-2)24-12-6-10-20-28-27-19-9-3-4-14-29(19)20/h3-5,7-9,14-15,26H,6,10-13H2,1-2H3,(H2,23,24,25). The molecule has 0 aliphatic carbocycles. The zero-order chi connectivity index (χ0) is 20.1. The van der Waals surface area contributed by atoms with E-state index in [1.54, 1.807) is 7.05 Å². The van der Waals surface area contributed by atoms with E-state index in [1.807, 2.05) is 28.8 Å². The van der Waals surface area contributed by atoms with Gasteiger partial charge in [-0.1, -0.05) is 24.3 Å². The summed E-state index contributed by atoms with van der Waals surface area (Å²) in [5, 5.41) is 16.6. The minimum atomic E-state index is 0.826. The van der Waals surface area contributed by atoms with Crippen LogP contribution in [0.2, 0.25) is 0 Å². The van der Waals surface area contributed by atoms with Crippen LogP contribution in [-0.2, 0) is 12.8 Å². The summed E-state index contributed by atoms with van der Waals surface area (Å²) in [6, 6.07) is 12.4. The molecule has 0 amide bonds. The smallest absolute Gasteiger partial charge is 0.190 e. The normalized spacial score (nSPS) is 12.0. The number of nitrogens with one attached hydrogen (secondary N) is 3. The van der Waals surface area contributed by atoms with Crippen LogP contribution < -0.4 is 10.6 Å². The van der Waals surface area contributed by atoms with E-state index in [9.17, 15) is 0 Å². The predicted molar refractivity (Wildman–Crippen MR) is 117 cm³/mol. The molecule has 29 heavy (non-hydrogen) atoms. The number of guanidine groups is 1. The third kappa shape index (κ3) is 4.23. The molecule has 7 nitrogen and oxygen atoms in total. The Bertz CT molecular complexity index is 1120. The monoisotopic (exact) mass is 389 g/mol. The number of rotatable bonds is 7. The summed E-state index contributed by atoms with van der Waals surface area (Å²) in [6.07, 6.45) is 6.88. The van der Waals surface area contributed by atoms with Crippen molar-refractivity contribution in [3.63, 3.8) is 0 Å². The molecule has 3 N–H and O–H groups in total. The van der Waals surface area contributed by atoms with Gasteiger partial charge in [0.05, 0.1) is 0 Å². The fourth-order valence-corrected chi connectivity index (χ4v) is 3.62. The van der Waals surface area contributed by atoms with Gasteiger partial charge in [0.25, 0.3) is 0 Å². The van der Waals surface area contributed by atoms with Crippen LogP contribution in [0.5, 0.6) is 0 Å². The second-order valence-electron chi connectivity index (χ2n) is 7.14. The molecule has 0 radical (unpaired) electrons. The minimum Gasteiger partial charge on any atom is -0.361 e. The Balaban J connectivity index is 1.23. The van der Waals surface area contributed by atoms with Crippen molar-refractivity contribution in [3.8, 4) is 0 Å². The second kappa shape index (κ2) is 8.77. The molecule has 7 heteroatoms. The molecule has 4 rings (SSSR count). The number of fused-ring (bicyclic) bond motifs is 2. The third-order valence-corrected chi connectivity index (χ3v) is 5.17. The van der Waals surface area contributed by atoms with Crippen molar-refractivity contribution in [1.82, 2.24) is 30.2 Å². The van der Waals surface area contributed by atoms with Gasteiger partial charge in [-0.15, -0.1) is 10.2 Å². The molecule has 4 aromatic rings. The molecule has 0 spiro atoms. The number of aryl methyl sites for hydroxylation is 2. The summed E-state index contributed by atoms with van der Waals surface area (Å²) < 4.78 is 2.04. The van der Waals surface area contributed by atoms with Crippen molar-refractivity contribution in [2.45, 2.75) is 26.2 Å². The van der Waals surface area contributed by atoms with Crippen LogP contribution >= 0.6 is 0 Å². The average molecular weight is 390 g/mol. The van der Waals surface area contributed by atoms with Gasteiger partial charge < -0.3 is 15.6 Å². The number of hydrogen-bond acceptors (Lipinski definition) is 3. The van der Waals surface area contributed by atoms with E-state index in [0.29, 0.717) is 0 Å². The van der Waals surface area contributed by atoms with Crippen LogP contribution in [-0.4, -0.2) is 45.7 Å². The Morgan fingerprint density at radius 3 is 2.86 bits per heavy atom. The quantitative estimate of drug-likeness (QED) is 0.258. The lowest BCUT2D eigenvalue weighted by Crippen LogP contribution is -2.38. The van der Waals surface area contributed by atoms with Gasteiger partial charge in [-0.05, 0) is 43.0 Å². The number of para-hydroxylation sites is 1. The molecule has 1 aromatic carbocycles. The Hall–Kier alpha value is -3.35. The maximum Gasteiger partial charge on any atom is 0.190 e. The molecule has 0 fully saturated rings. The van der Waals surface area contributed by atoms with Gasteiger partial charge in [0.1, 0.15) is 5.82 Å². The maximum atomic E-state index is 4.32. The minimum absolute atomic E-state index is 0.826. The summed E-state index contributed by atoms with van der Waals surface area (Å²) in [6.45, 7) is 3.79. The molecule has 0 saturated heterocycles. The van der Waals surface area contributed by atoms with Gasteiger partial charge in [0, 0.05) is 49.9 Å². The molecular weight excluding hydrogens is 362 g/mol. The van der Waals surface area contributed by atoms with E-state index in [4.69, 9.17) is 0 Å². The molecule has 3 heterocycles. The number of H-pyrrole nitrogens is 1. The second-order valence-corrected chi connectivity index (χ2v) is 7.14. The first-order valence-corrected chi connectivity index (χ1v) is 10.0. The van der Waals surface area contributed by atoms with Crippen LogP contribution in [0.15, 0.2) is 53.8 Å². The highest BCUT2D eigenvalue weighted by Crippen LogP contribution is 2.21. The average Bonchev–Trinajstić information content (AvgIpc) is 3.35. The molecule has 0 saturated carbocycles. The number of aromatic amines is 1. The first-order valence-electron chi connectivity index (χ1n) is 10.0. The first-order chi connectivity index (χ1) is 14.3. The van der Waals surface area contributed by atoms with Crippen LogP contribution in [0.1, 0.15) is 23.4 Å². The molecule has 0 unspecified atom stereocenters. The van der Waals surface area contributed by atoms with Crippen molar-refractivity contribution in [2.24, 2.45) is 4.99 Å². The Morgan fingerprint density at radius 2 is 1.97 bits per heavy atom. The molecule has 0 aliphatic heterocycles. The lowest BCUT2D eigenvalue weighted by atomic mass is 10.1. The lowest BCUT2D eigenvalue weighted by Gasteiger charge is -2.11. The number of benzene rings is 1. The van der Waals surface area contributed by atoms with Gasteiger partial charge in [-0.2, -0.15) is 0 Å². The summed E-state index contributed by atoms with van der Waals surface area (Å²) in [7, 11) is 1.80. The molecular formula is C22H27N7. The molecule has 0 bridgehead atoms. The predicted octanol–water partition coefficient (Wildman–Crippen LogP) is 2.86. The van der Waals surface area contributed by atoms with Crippen molar-refractivity contribution < 1.29 is 0 Å². The third-order valence-electron chi connectivity index (χ3n) is 5.17. The van der Waals surface area contributed by atoms with E-state index in [2.05, 4.69) is 62.1 Å². The lowest BCUT2D eigenvalue weighted by molar-refractivity contribution is 0.713. The SMILES string of the molecule is CN=C(NCCCc1nnc2ccccn12)NCCc1c[nH]c2c(C)cccc12. The first kappa shape index (κ1) is 19.0. The number of aromatic nitrogens is 4. The highest BCUT2D eigenvalue weighted by atomic mass is 15.2. The Kier molecular flexibility index (Phi) is 5.74. The van der Waals surface area contributed by atoms with Crippen molar-refractivity contribution in [3.05, 3.63) is 65.7 Å². The largest absolute Gasteiger partial charge is 0.361 e. The number of hydrogen-bond donors (Lipinski definition) is 3. The highest BCUT2D eigenvalue weighted by molar-refractivity contribution is 5.86. The van der Waals surface area contributed by atoms with Crippen LogP contribution in [0.25, 0.3) is 16.6 Å². The number of pyridine rings is 1. The zero-order valence-electron chi connectivity index (χ0n) is 16.9. The van der Waals surface area contributed by atoms with Crippen molar-refractivity contribution in [1.29, 1.82) is 0 Å². The van der Waals surface area contributed by atoms with E-state index in [1.165, 1.54) is 22.0 Å². The Morgan fingerprint density at radius 1 is 1.07 bits per heavy atom. The molecule has 0 aliphatic rings. The number of aliphatic imine (C=N–C) groups is 1. The van der Waals surface area contributed by atoms with E-state index < -0.39 is 0 Å². The van der Waals surface area contributed by atoms with Gasteiger partial charge >= 0.3 is 0 Å². The van der Waals surface area contributed by atoms with Crippen LogP contribution in [0, 0.1) is 6.92 Å². The van der Waals surface area contributed by atoms with E-state index >= 15 is 0 Å². The zero-order valence-corrected chi connectivity index (χ0v) is 16.9. The van der Waals surface area contributed by atoms with E-state index in [0.717, 1.165) is 49.8 Å². The fourth-order valence-electron chi connectivity index (χ4n) is 3.62. The van der Waals surface area contributed by atoms with Gasteiger partial charge in [0.15, 0.2) is 11.6 Å². The molecule has 0 atom stereocenters. The van der Waals surface area contributed by atoms with E-state index in [-0.39, 0.29) is 0 Å². The molecule has 3 aromatic heterocycles. The van der Waals surface area contributed by atoms with Crippen molar-refractivity contribution in [2.75, 3.05) is 20.1 Å². The summed E-state index contributed by atoms with van der Waals surface area (Å²) in [5.41, 5.74) is 4.72. The maximum absolute atomic E-state index is 4.32. The van der Waals surface area contributed by atoms with Crippen LogP contribution in [0.3, 0.4) is 0 Å². The van der Waals surface area contributed by atoms with Gasteiger partial charge in [0.2, 0.25) is 0 Å². The van der Waals surface area contributed by atoms with Crippen LogP contribution in [0.4, 0.5) is 0 Å². The summed E-state index contributed by atoms with van der Waals surface area (Å²) in [4.78, 5) is 7.71. The van der Waals surface area contributed by atoms with Crippen molar-refractivity contribution >= 4 is 22.5 Å². The van der Waals surface area contributed by atoms with Gasteiger partial charge in [-0.3, -0.25) is 9.39 Å². The summed E-state index contributed by atoms with van der Waals surface area (Å²) in [5.74, 6) is 1.81. The van der Waals surface area contributed by atoms with Gasteiger partial charge in [-0.25, -0.2) is 0 Å². The Labute approximate surface area is 170 Å². The topological polar surface area (TPSA) is 82.4 Å². The molecule has 150 valence electrons. The summed E-state index contributed by atoms with van der Waals surface area (Å²) >= 11 is 0.